The molecule has 1 unspecified atom stereocenters. The third-order valence-corrected chi connectivity index (χ3v) is 6.60. The number of aryl methyl sites for hydroxylation is 1. The average Bonchev–Trinajstić information content (AvgIpc) is 2.57. The van der Waals surface area contributed by atoms with Gasteiger partial charge in [-0.15, -0.1) is 0 Å². The maximum absolute atomic E-state index is 10.5. The molecule has 4 atom stereocenters. The van der Waals surface area contributed by atoms with Crippen LogP contribution in [0.2, 0.25) is 0 Å². The first-order valence-corrected chi connectivity index (χ1v) is 8.50. The van der Waals surface area contributed by atoms with E-state index in [4.69, 9.17) is 4.74 Å². The van der Waals surface area contributed by atoms with E-state index in [1.807, 2.05) is 6.92 Å². The van der Waals surface area contributed by atoms with Gasteiger partial charge in [-0.3, -0.25) is 0 Å². The van der Waals surface area contributed by atoms with Crippen LogP contribution in [0.15, 0.2) is 12.1 Å². The molecule has 0 aromatic heterocycles. The zero-order valence-corrected chi connectivity index (χ0v) is 14.3. The Labute approximate surface area is 138 Å². The Morgan fingerprint density at radius 3 is 2.57 bits per heavy atom. The van der Waals surface area contributed by atoms with Crippen molar-refractivity contribution in [3.8, 4) is 5.75 Å². The summed E-state index contributed by atoms with van der Waals surface area (Å²) in [5.41, 5.74) is 2.81. The van der Waals surface area contributed by atoms with Crippen LogP contribution in [0, 0.1) is 11.3 Å². The van der Waals surface area contributed by atoms with Gasteiger partial charge in [0, 0.05) is 11.0 Å². The van der Waals surface area contributed by atoms with Gasteiger partial charge >= 0.3 is 0 Å². The number of methoxy groups -OCH3 is 1. The molecule has 1 saturated carbocycles. The van der Waals surface area contributed by atoms with Gasteiger partial charge in [0.2, 0.25) is 0 Å². The minimum absolute atomic E-state index is 0.00954. The summed E-state index contributed by atoms with van der Waals surface area (Å²) in [4.78, 5) is 0. The zero-order chi connectivity index (χ0) is 16.8. The van der Waals surface area contributed by atoms with E-state index in [9.17, 15) is 15.3 Å². The Bertz CT molecular complexity index is 599. The normalized spacial score (nSPS) is 36.3. The summed E-state index contributed by atoms with van der Waals surface area (Å²) in [6.07, 6.45) is 3.02. The summed E-state index contributed by atoms with van der Waals surface area (Å²) in [5, 5.41) is 30.0. The summed E-state index contributed by atoms with van der Waals surface area (Å²) in [5.74, 6) is 0.964. The molecule has 0 spiro atoms. The Hall–Kier alpha value is -1.10. The lowest BCUT2D eigenvalue weighted by molar-refractivity contribution is -0.110. The molecule has 0 heterocycles. The van der Waals surface area contributed by atoms with Gasteiger partial charge in [-0.25, -0.2) is 0 Å². The van der Waals surface area contributed by atoms with Gasteiger partial charge in [0.25, 0.3) is 0 Å². The smallest absolute Gasteiger partial charge is 0.124 e. The van der Waals surface area contributed by atoms with Gasteiger partial charge in [-0.1, -0.05) is 13.8 Å². The van der Waals surface area contributed by atoms with Crippen molar-refractivity contribution in [1.82, 2.24) is 0 Å². The van der Waals surface area contributed by atoms with Crippen LogP contribution in [0.25, 0.3) is 0 Å². The minimum Gasteiger partial charge on any atom is -0.496 e. The van der Waals surface area contributed by atoms with E-state index >= 15 is 0 Å². The number of ether oxygens (including phenoxy) is 1. The number of aliphatic hydroxyl groups is 3. The first kappa shape index (κ1) is 16.7. The monoisotopic (exact) mass is 320 g/mol. The van der Waals surface area contributed by atoms with Gasteiger partial charge in [0.05, 0.1) is 26.4 Å². The highest BCUT2D eigenvalue weighted by atomic mass is 16.5. The molecular weight excluding hydrogens is 292 g/mol. The fourth-order valence-corrected chi connectivity index (χ4v) is 5.11. The first-order valence-electron chi connectivity index (χ1n) is 8.50. The molecule has 128 valence electrons. The molecule has 0 saturated heterocycles. The molecule has 1 fully saturated rings. The Morgan fingerprint density at radius 2 is 1.96 bits per heavy atom. The number of benzene rings is 1. The van der Waals surface area contributed by atoms with Gasteiger partial charge in [0.1, 0.15) is 5.75 Å². The lowest BCUT2D eigenvalue weighted by Gasteiger charge is -2.56. The molecule has 0 amide bonds. The fraction of sp³-hybridized carbons (Fsp3) is 0.684. The van der Waals surface area contributed by atoms with Crippen LogP contribution in [0.5, 0.6) is 5.75 Å². The molecule has 3 rings (SSSR count). The van der Waals surface area contributed by atoms with Gasteiger partial charge < -0.3 is 20.1 Å². The quantitative estimate of drug-likeness (QED) is 0.798. The first-order chi connectivity index (χ1) is 10.9. The molecule has 0 aliphatic heterocycles. The van der Waals surface area contributed by atoms with Gasteiger partial charge in [-0.2, -0.15) is 0 Å². The second-order valence-electron chi connectivity index (χ2n) is 7.71. The molecule has 0 bridgehead atoms. The minimum atomic E-state index is -0.465. The van der Waals surface area contributed by atoms with E-state index < -0.39 is 11.5 Å². The fourth-order valence-electron chi connectivity index (χ4n) is 5.11. The maximum atomic E-state index is 10.5. The van der Waals surface area contributed by atoms with E-state index in [1.54, 1.807) is 7.11 Å². The van der Waals surface area contributed by atoms with E-state index in [2.05, 4.69) is 19.1 Å². The number of hydrogen-bond donors (Lipinski definition) is 3. The zero-order valence-electron chi connectivity index (χ0n) is 14.3. The Kier molecular flexibility index (Phi) is 4.20. The summed E-state index contributed by atoms with van der Waals surface area (Å²) >= 11 is 0. The van der Waals surface area contributed by atoms with Crippen LogP contribution in [0.3, 0.4) is 0 Å². The molecule has 4 heteroatoms. The van der Waals surface area contributed by atoms with Gasteiger partial charge in [0.15, 0.2) is 0 Å². The van der Waals surface area contributed by atoms with Crippen molar-refractivity contribution in [1.29, 1.82) is 0 Å². The molecule has 1 aromatic rings. The van der Waals surface area contributed by atoms with E-state index in [1.165, 1.54) is 11.1 Å². The van der Waals surface area contributed by atoms with E-state index in [0.717, 1.165) is 30.6 Å². The summed E-state index contributed by atoms with van der Waals surface area (Å²) in [7, 11) is 1.63. The van der Waals surface area contributed by atoms with Crippen LogP contribution in [-0.2, 0) is 18.4 Å². The second kappa shape index (κ2) is 5.76. The maximum Gasteiger partial charge on any atom is 0.124 e. The summed E-state index contributed by atoms with van der Waals surface area (Å²) < 4.78 is 5.47. The lowest BCUT2D eigenvalue weighted by atomic mass is 9.49. The largest absolute Gasteiger partial charge is 0.496 e. The third-order valence-electron chi connectivity index (χ3n) is 6.60. The van der Waals surface area contributed by atoms with Crippen molar-refractivity contribution in [3.63, 3.8) is 0 Å². The second-order valence-corrected chi connectivity index (χ2v) is 7.71. The summed E-state index contributed by atoms with van der Waals surface area (Å²) in [6.45, 7) is 4.26. The van der Waals surface area contributed by atoms with Crippen LogP contribution in [0.1, 0.15) is 49.8 Å². The predicted molar refractivity (Wildman–Crippen MR) is 88.5 cm³/mol. The van der Waals surface area contributed by atoms with Crippen molar-refractivity contribution >= 4 is 0 Å². The van der Waals surface area contributed by atoms with Crippen LogP contribution >= 0.6 is 0 Å². The highest BCUT2D eigenvalue weighted by Crippen LogP contribution is 2.57. The number of hydrogen-bond acceptors (Lipinski definition) is 4. The predicted octanol–water partition coefficient (Wildman–Crippen LogP) is 2.16. The highest BCUT2D eigenvalue weighted by molar-refractivity contribution is 5.48. The van der Waals surface area contributed by atoms with Gasteiger partial charge in [-0.05, 0) is 60.3 Å². The third kappa shape index (κ3) is 2.31. The number of aliphatic hydroxyl groups excluding tert-OH is 3. The SMILES string of the molecule is COc1cc2c(cc1CO)CC[C@H]1C(C)(CO)[C@H](O)CC[C@]21C. The lowest BCUT2D eigenvalue weighted by Crippen LogP contribution is -2.56. The molecule has 23 heavy (non-hydrogen) atoms. The molecule has 0 radical (unpaired) electrons. The Balaban J connectivity index is 2.12. The van der Waals surface area contributed by atoms with Crippen molar-refractivity contribution < 1.29 is 20.1 Å². The van der Waals surface area contributed by atoms with Crippen LogP contribution in [0.4, 0.5) is 0 Å². The molecule has 4 nitrogen and oxygen atoms in total. The van der Waals surface area contributed by atoms with Crippen molar-refractivity contribution in [3.05, 3.63) is 28.8 Å². The number of fused-ring (bicyclic) bond motifs is 3. The van der Waals surface area contributed by atoms with Crippen molar-refractivity contribution in [2.45, 2.75) is 57.7 Å². The highest BCUT2D eigenvalue weighted by Gasteiger charge is 2.55. The molecule has 3 N–H and O–H groups in total. The molecule has 2 aliphatic rings. The van der Waals surface area contributed by atoms with Crippen molar-refractivity contribution in [2.24, 2.45) is 11.3 Å². The van der Waals surface area contributed by atoms with Crippen LogP contribution in [-0.4, -0.2) is 35.1 Å². The standard InChI is InChI=1S/C19H28O4/c1-18-7-6-17(22)19(2,11-21)16(18)5-4-12-8-13(10-20)15(23-3)9-14(12)18/h8-9,16-17,20-22H,4-7,10-11H2,1-3H3/t16-,17-,18-,19?/m1/s1. The van der Waals surface area contributed by atoms with Crippen molar-refractivity contribution in [2.75, 3.05) is 13.7 Å². The topological polar surface area (TPSA) is 69.9 Å². The molecule has 1 aromatic carbocycles. The molecular formula is C19H28O4. The van der Waals surface area contributed by atoms with E-state index in [-0.39, 0.29) is 24.5 Å². The van der Waals surface area contributed by atoms with E-state index in [0.29, 0.717) is 6.42 Å². The Morgan fingerprint density at radius 1 is 1.22 bits per heavy atom. The summed E-state index contributed by atoms with van der Waals surface area (Å²) in [6, 6.07) is 4.14. The average molecular weight is 320 g/mol. The number of rotatable bonds is 3. The van der Waals surface area contributed by atoms with Crippen LogP contribution < -0.4 is 4.74 Å². The molecule has 2 aliphatic carbocycles.